The first-order chi connectivity index (χ1) is 16.4. The molecule has 0 unspecified atom stereocenters. The predicted molar refractivity (Wildman–Crippen MR) is 126 cm³/mol. The molecule has 0 atom stereocenters. The van der Waals surface area contributed by atoms with E-state index in [1.807, 2.05) is 11.8 Å². The van der Waals surface area contributed by atoms with Crippen molar-refractivity contribution in [1.82, 2.24) is 9.97 Å². The highest BCUT2D eigenvalue weighted by Crippen LogP contribution is 2.29. The summed E-state index contributed by atoms with van der Waals surface area (Å²) in [4.78, 5) is 23.3. The molecule has 1 aromatic carbocycles. The Labute approximate surface area is 196 Å². The normalized spacial score (nSPS) is 10.7. The van der Waals surface area contributed by atoms with Crippen LogP contribution in [0.5, 0.6) is 0 Å². The number of aliphatic hydroxyl groups excluding tert-OH is 1. The molecule has 2 N–H and O–H groups in total. The number of anilines is 2. The SMILES string of the molecule is CCCN(CCO)c1ncc(-c2cc(NC(=O)c3cccc(C(F)F)c3)cnc2C)cc1C#N. The molecule has 0 saturated heterocycles. The molecule has 0 spiro atoms. The van der Waals surface area contributed by atoms with Gasteiger partial charge in [0.2, 0.25) is 0 Å². The maximum absolute atomic E-state index is 13.0. The van der Waals surface area contributed by atoms with Gasteiger partial charge >= 0.3 is 0 Å². The Balaban J connectivity index is 1.91. The summed E-state index contributed by atoms with van der Waals surface area (Å²) in [5, 5.41) is 21.7. The maximum atomic E-state index is 13.0. The summed E-state index contributed by atoms with van der Waals surface area (Å²) in [6, 6.07) is 10.8. The van der Waals surface area contributed by atoms with Crippen molar-refractivity contribution in [3.8, 4) is 17.2 Å². The number of aromatic nitrogens is 2. The summed E-state index contributed by atoms with van der Waals surface area (Å²) in [5.74, 6) is -0.0411. The molecule has 9 heteroatoms. The maximum Gasteiger partial charge on any atom is 0.263 e. The number of carbonyl (C=O) groups is 1. The minimum atomic E-state index is -2.67. The fourth-order valence-electron chi connectivity index (χ4n) is 3.57. The Kier molecular flexibility index (Phi) is 8.22. The van der Waals surface area contributed by atoms with Crippen LogP contribution in [0.15, 0.2) is 48.8 Å². The predicted octanol–water partition coefficient (Wildman–Crippen LogP) is 4.72. The molecule has 176 valence electrons. The zero-order chi connectivity index (χ0) is 24.7. The van der Waals surface area contributed by atoms with E-state index in [4.69, 9.17) is 0 Å². The molecule has 3 rings (SSSR count). The Morgan fingerprint density at radius 1 is 1.21 bits per heavy atom. The van der Waals surface area contributed by atoms with Crippen LogP contribution in [0.1, 0.15) is 46.9 Å². The van der Waals surface area contributed by atoms with Gasteiger partial charge in [-0.15, -0.1) is 0 Å². The molecule has 3 aromatic rings. The number of aryl methyl sites for hydroxylation is 1. The number of amides is 1. The summed E-state index contributed by atoms with van der Waals surface area (Å²) >= 11 is 0. The van der Waals surface area contributed by atoms with Crippen LogP contribution in [0.4, 0.5) is 20.3 Å². The van der Waals surface area contributed by atoms with Crippen LogP contribution in [-0.4, -0.2) is 40.7 Å². The molecule has 0 saturated carbocycles. The molecule has 34 heavy (non-hydrogen) atoms. The molecule has 0 aliphatic carbocycles. The Morgan fingerprint density at radius 2 is 2.00 bits per heavy atom. The Morgan fingerprint density at radius 3 is 2.68 bits per heavy atom. The average molecular weight is 466 g/mol. The second-order valence-corrected chi connectivity index (χ2v) is 7.65. The van der Waals surface area contributed by atoms with Crippen LogP contribution in [0, 0.1) is 18.3 Å². The smallest absolute Gasteiger partial charge is 0.263 e. The minimum absolute atomic E-state index is 0.0563. The van der Waals surface area contributed by atoms with Crippen LogP contribution in [0.2, 0.25) is 0 Å². The lowest BCUT2D eigenvalue weighted by Gasteiger charge is -2.23. The number of halogens is 2. The second kappa shape index (κ2) is 11.3. The van der Waals surface area contributed by atoms with Gasteiger partial charge in [-0.1, -0.05) is 19.1 Å². The fourth-order valence-corrected chi connectivity index (χ4v) is 3.57. The number of nitrogens with one attached hydrogen (secondary N) is 1. The van der Waals surface area contributed by atoms with E-state index in [9.17, 15) is 23.9 Å². The van der Waals surface area contributed by atoms with E-state index in [2.05, 4.69) is 21.4 Å². The molecule has 0 aliphatic heterocycles. The highest BCUT2D eigenvalue weighted by atomic mass is 19.3. The number of pyridine rings is 2. The number of nitriles is 1. The van der Waals surface area contributed by atoms with Crippen molar-refractivity contribution >= 4 is 17.4 Å². The van der Waals surface area contributed by atoms with E-state index in [1.165, 1.54) is 24.4 Å². The molecular formula is C25H25F2N5O2. The van der Waals surface area contributed by atoms with Crippen molar-refractivity contribution < 1.29 is 18.7 Å². The number of hydrogen-bond acceptors (Lipinski definition) is 6. The summed E-state index contributed by atoms with van der Waals surface area (Å²) in [6.45, 7) is 4.75. The summed E-state index contributed by atoms with van der Waals surface area (Å²) in [6.07, 6.45) is 1.26. The molecule has 7 nitrogen and oxygen atoms in total. The van der Waals surface area contributed by atoms with Gasteiger partial charge in [0, 0.05) is 47.2 Å². The summed E-state index contributed by atoms with van der Waals surface area (Å²) in [7, 11) is 0. The molecule has 2 heterocycles. The molecule has 1 amide bonds. The van der Waals surface area contributed by atoms with Gasteiger partial charge in [0.1, 0.15) is 11.9 Å². The van der Waals surface area contributed by atoms with E-state index < -0.39 is 12.3 Å². The lowest BCUT2D eigenvalue weighted by atomic mass is 10.0. The fraction of sp³-hybridized carbons (Fsp3) is 0.280. The van der Waals surface area contributed by atoms with Crippen LogP contribution in [0.25, 0.3) is 11.1 Å². The lowest BCUT2D eigenvalue weighted by molar-refractivity contribution is 0.102. The van der Waals surface area contributed by atoms with Gasteiger partial charge in [-0.05, 0) is 37.6 Å². The molecule has 0 radical (unpaired) electrons. The van der Waals surface area contributed by atoms with Gasteiger partial charge in [0.25, 0.3) is 12.3 Å². The first-order valence-electron chi connectivity index (χ1n) is 10.8. The van der Waals surface area contributed by atoms with Crippen LogP contribution in [-0.2, 0) is 0 Å². The molecular weight excluding hydrogens is 440 g/mol. The molecule has 0 aliphatic rings. The number of aliphatic hydroxyl groups is 1. The van der Waals surface area contributed by atoms with Gasteiger partial charge in [-0.2, -0.15) is 5.26 Å². The van der Waals surface area contributed by atoms with Crippen molar-refractivity contribution in [2.45, 2.75) is 26.7 Å². The second-order valence-electron chi connectivity index (χ2n) is 7.65. The van der Waals surface area contributed by atoms with Crippen LogP contribution < -0.4 is 10.2 Å². The first-order valence-corrected chi connectivity index (χ1v) is 10.8. The zero-order valence-corrected chi connectivity index (χ0v) is 18.9. The van der Waals surface area contributed by atoms with E-state index in [0.717, 1.165) is 12.5 Å². The van der Waals surface area contributed by atoms with Gasteiger partial charge < -0.3 is 15.3 Å². The summed E-state index contributed by atoms with van der Waals surface area (Å²) < 4.78 is 25.9. The van der Waals surface area contributed by atoms with Crippen molar-refractivity contribution in [1.29, 1.82) is 5.26 Å². The van der Waals surface area contributed by atoms with Crippen molar-refractivity contribution in [3.63, 3.8) is 0 Å². The van der Waals surface area contributed by atoms with Crippen molar-refractivity contribution in [3.05, 3.63) is 71.2 Å². The standard InChI is InChI=1S/C25H25F2N5O2/c1-3-7-32(8-9-33)24-19(13-28)11-20(14-30-24)22-12-21(15-29-16(22)2)31-25(34)18-6-4-5-17(10-18)23(26)27/h4-6,10-12,14-15,23,33H,3,7-9H2,1-2H3,(H,31,34). The quantitative estimate of drug-likeness (QED) is 0.474. The van der Waals surface area contributed by atoms with Gasteiger partial charge in [0.05, 0.1) is 24.1 Å². The Hall–Kier alpha value is -3.90. The van der Waals surface area contributed by atoms with Gasteiger partial charge in [0.15, 0.2) is 0 Å². The number of nitrogens with zero attached hydrogens (tertiary/aromatic N) is 4. The third-order valence-electron chi connectivity index (χ3n) is 5.21. The monoisotopic (exact) mass is 465 g/mol. The zero-order valence-electron chi connectivity index (χ0n) is 18.9. The van der Waals surface area contributed by atoms with Crippen LogP contribution in [0.3, 0.4) is 0 Å². The largest absolute Gasteiger partial charge is 0.395 e. The van der Waals surface area contributed by atoms with E-state index in [-0.39, 0.29) is 17.7 Å². The van der Waals surface area contributed by atoms with E-state index in [1.54, 1.807) is 25.3 Å². The third-order valence-corrected chi connectivity index (χ3v) is 5.21. The number of benzene rings is 1. The topological polar surface area (TPSA) is 102 Å². The highest BCUT2D eigenvalue weighted by Gasteiger charge is 2.16. The molecule has 0 bridgehead atoms. The number of carbonyl (C=O) groups excluding carboxylic acids is 1. The average Bonchev–Trinajstić information content (AvgIpc) is 2.84. The highest BCUT2D eigenvalue weighted by molar-refractivity contribution is 6.04. The summed E-state index contributed by atoms with van der Waals surface area (Å²) in [5.41, 5.74) is 2.58. The van der Waals surface area contributed by atoms with Gasteiger partial charge in [-0.25, -0.2) is 13.8 Å². The van der Waals surface area contributed by atoms with E-state index >= 15 is 0 Å². The van der Waals surface area contributed by atoms with Crippen LogP contribution >= 0.6 is 0 Å². The lowest BCUT2D eigenvalue weighted by Crippen LogP contribution is -2.29. The Bertz CT molecular complexity index is 1200. The van der Waals surface area contributed by atoms with E-state index in [0.29, 0.717) is 47.0 Å². The first kappa shape index (κ1) is 24.7. The number of alkyl halides is 2. The third kappa shape index (κ3) is 5.71. The van der Waals surface area contributed by atoms with Gasteiger partial charge in [-0.3, -0.25) is 9.78 Å². The number of hydrogen-bond donors (Lipinski definition) is 2. The van der Waals surface area contributed by atoms with Crippen molar-refractivity contribution in [2.75, 3.05) is 29.9 Å². The minimum Gasteiger partial charge on any atom is -0.395 e. The van der Waals surface area contributed by atoms with Crippen molar-refractivity contribution in [2.24, 2.45) is 0 Å². The number of rotatable bonds is 9. The molecule has 0 fully saturated rings. The molecule has 2 aromatic heterocycles.